The molecule has 3 aromatic rings. The Balaban J connectivity index is 1.08. The zero-order valence-electron chi connectivity index (χ0n) is 23.3. The quantitative estimate of drug-likeness (QED) is 0.267. The van der Waals surface area contributed by atoms with Gasteiger partial charge >= 0.3 is 6.03 Å². The molecule has 4 saturated carbocycles. The van der Waals surface area contributed by atoms with Crippen LogP contribution >= 0.6 is 23.2 Å². The van der Waals surface area contributed by atoms with Gasteiger partial charge in [-0.15, -0.1) is 0 Å². The van der Waals surface area contributed by atoms with E-state index in [1.54, 1.807) is 10.9 Å². The summed E-state index contributed by atoms with van der Waals surface area (Å²) in [7, 11) is 0. The van der Waals surface area contributed by atoms with E-state index >= 15 is 0 Å². The van der Waals surface area contributed by atoms with Gasteiger partial charge in [0.1, 0.15) is 5.15 Å². The number of imidazole rings is 1. The van der Waals surface area contributed by atoms with E-state index in [9.17, 15) is 9.90 Å². The largest absolute Gasteiger partial charge is 0.392 e. The average molecular weight is 612 g/mol. The van der Waals surface area contributed by atoms with E-state index in [1.165, 1.54) is 19.3 Å². The molecule has 1 saturated heterocycles. The monoisotopic (exact) mass is 610 g/mol. The van der Waals surface area contributed by atoms with E-state index in [-0.39, 0.29) is 35.5 Å². The van der Waals surface area contributed by atoms with Crippen molar-refractivity contribution in [2.45, 2.75) is 82.1 Å². The number of aliphatic hydroxyl groups excluding tert-OH is 1. The molecule has 42 heavy (non-hydrogen) atoms. The van der Waals surface area contributed by atoms with Gasteiger partial charge in [0.25, 0.3) is 0 Å². The first kappa shape index (κ1) is 28.2. The number of hydrogen-bond donors (Lipinski definition) is 3. The molecule has 3 N–H and O–H groups in total. The van der Waals surface area contributed by atoms with Crippen LogP contribution < -0.4 is 10.6 Å². The summed E-state index contributed by atoms with van der Waals surface area (Å²) in [6, 6.07) is 15.3. The lowest BCUT2D eigenvalue weighted by Crippen LogP contribution is -2.60. The number of hydrogen-bond acceptors (Lipinski definition) is 5. The molecule has 5 fully saturated rings. The van der Waals surface area contributed by atoms with Crippen molar-refractivity contribution in [2.24, 2.45) is 17.8 Å². The Morgan fingerprint density at radius 3 is 2.33 bits per heavy atom. The molecule has 4 bridgehead atoms. The number of amides is 2. The average Bonchev–Trinajstić information content (AvgIpc) is 3.28. The van der Waals surface area contributed by atoms with Crippen molar-refractivity contribution < 1.29 is 19.4 Å². The van der Waals surface area contributed by atoms with Gasteiger partial charge < -0.3 is 29.8 Å². The molecule has 3 atom stereocenters. The molecule has 10 heteroatoms. The van der Waals surface area contributed by atoms with Crippen LogP contribution in [0.3, 0.4) is 0 Å². The molecule has 2 amide bonds. The number of carbonyl (C=O) groups is 1. The van der Waals surface area contributed by atoms with Crippen LogP contribution in [0.15, 0.2) is 54.9 Å². The third kappa shape index (κ3) is 5.80. The Hall–Kier alpha value is -2.62. The van der Waals surface area contributed by atoms with Crippen LogP contribution in [-0.2, 0) is 22.6 Å². The van der Waals surface area contributed by atoms with Gasteiger partial charge in [0, 0.05) is 23.2 Å². The Kier molecular flexibility index (Phi) is 7.69. The number of anilines is 1. The van der Waals surface area contributed by atoms with Gasteiger partial charge in [-0.25, -0.2) is 9.78 Å². The lowest BCUT2D eigenvalue weighted by Gasteiger charge is -2.56. The first-order valence-corrected chi connectivity index (χ1v) is 15.7. The van der Waals surface area contributed by atoms with Crippen LogP contribution in [0, 0.1) is 17.8 Å². The maximum atomic E-state index is 13.2. The molecule has 5 aliphatic rings. The second-order valence-corrected chi connectivity index (χ2v) is 13.4. The Bertz CT molecular complexity index is 1410. The minimum absolute atomic E-state index is 0.0176. The highest BCUT2D eigenvalue weighted by molar-refractivity contribution is 6.40. The minimum Gasteiger partial charge on any atom is -0.392 e. The topological polar surface area (TPSA) is 97.6 Å². The lowest BCUT2D eigenvalue weighted by molar-refractivity contribution is -0.252. The summed E-state index contributed by atoms with van der Waals surface area (Å²) in [5, 5.41) is 16.6. The zero-order valence-corrected chi connectivity index (χ0v) is 24.9. The first-order chi connectivity index (χ1) is 20.3. The van der Waals surface area contributed by atoms with Gasteiger partial charge in [-0.3, -0.25) is 0 Å². The number of rotatable bonds is 7. The van der Waals surface area contributed by atoms with Crippen molar-refractivity contribution in [3.05, 3.63) is 81.9 Å². The Morgan fingerprint density at radius 2 is 1.69 bits per heavy atom. The molecular weight excluding hydrogens is 575 g/mol. The summed E-state index contributed by atoms with van der Waals surface area (Å²) >= 11 is 12.5. The first-order valence-electron chi connectivity index (χ1n) is 14.9. The van der Waals surface area contributed by atoms with Gasteiger partial charge in [-0.1, -0.05) is 59.6 Å². The van der Waals surface area contributed by atoms with Crippen LogP contribution in [0.4, 0.5) is 10.5 Å². The smallest absolute Gasteiger partial charge is 0.319 e. The molecule has 2 heterocycles. The predicted molar refractivity (Wildman–Crippen MR) is 160 cm³/mol. The fraction of sp³-hybridized carbons (Fsp3) is 0.500. The van der Waals surface area contributed by atoms with Gasteiger partial charge in [0.15, 0.2) is 11.4 Å². The van der Waals surface area contributed by atoms with Crippen molar-refractivity contribution in [3.63, 3.8) is 0 Å². The van der Waals surface area contributed by atoms with Crippen molar-refractivity contribution in [3.8, 4) is 0 Å². The van der Waals surface area contributed by atoms with Crippen LogP contribution in [0.1, 0.15) is 74.0 Å². The van der Waals surface area contributed by atoms with E-state index < -0.39 is 6.29 Å². The molecule has 8 rings (SSSR count). The SMILES string of the molecule is O=C(Nc1cccc([C@@H]2O[C@H](Cn3cnc(Cl)c3Cl)C[C@H](c3ccc(CO)cc3)O2)c1)NC12CC3CC(CC(C3)C1)C2. The maximum Gasteiger partial charge on any atom is 0.319 e. The second-order valence-electron chi connectivity index (χ2n) is 12.7. The van der Waals surface area contributed by atoms with Crippen molar-refractivity contribution in [2.75, 3.05) is 5.32 Å². The van der Waals surface area contributed by atoms with Crippen molar-refractivity contribution >= 4 is 34.9 Å². The molecule has 8 nitrogen and oxygen atoms in total. The third-order valence-corrected chi connectivity index (χ3v) is 10.4. The van der Waals surface area contributed by atoms with Gasteiger partial charge in [-0.05, 0) is 79.5 Å². The molecule has 222 valence electrons. The van der Waals surface area contributed by atoms with Gasteiger partial charge in [0.05, 0.1) is 31.7 Å². The summed E-state index contributed by atoms with van der Waals surface area (Å²) in [6.07, 6.45) is 8.33. The fourth-order valence-electron chi connectivity index (χ4n) is 8.15. The van der Waals surface area contributed by atoms with E-state index in [4.69, 9.17) is 32.7 Å². The van der Waals surface area contributed by atoms with Gasteiger partial charge in [-0.2, -0.15) is 0 Å². The summed E-state index contributed by atoms with van der Waals surface area (Å²) < 4.78 is 14.7. The number of carbonyl (C=O) groups excluding carboxylic acids is 1. The Morgan fingerprint density at radius 1 is 0.976 bits per heavy atom. The number of halogens is 2. The summed E-state index contributed by atoms with van der Waals surface area (Å²) in [4.78, 5) is 17.3. The van der Waals surface area contributed by atoms with Crippen molar-refractivity contribution in [1.29, 1.82) is 0 Å². The summed E-state index contributed by atoms with van der Waals surface area (Å²) in [6.45, 7) is 0.436. The van der Waals surface area contributed by atoms with E-state index in [2.05, 4.69) is 15.6 Å². The molecule has 4 aliphatic carbocycles. The lowest BCUT2D eigenvalue weighted by atomic mass is 9.53. The van der Waals surface area contributed by atoms with E-state index in [1.807, 2.05) is 48.5 Å². The third-order valence-electron chi connectivity index (χ3n) is 9.58. The van der Waals surface area contributed by atoms with Crippen molar-refractivity contribution in [1.82, 2.24) is 14.9 Å². The predicted octanol–water partition coefficient (Wildman–Crippen LogP) is 7.02. The molecule has 1 aliphatic heterocycles. The van der Waals surface area contributed by atoms with Crippen LogP contribution in [0.25, 0.3) is 0 Å². The number of nitrogens with one attached hydrogen (secondary N) is 2. The number of aliphatic hydroxyl groups is 1. The van der Waals surface area contributed by atoms with Crippen LogP contribution in [0.5, 0.6) is 0 Å². The normalized spacial score (nSPS) is 31.7. The number of urea groups is 1. The molecule has 0 unspecified atom stereocenters. The number of benzene rings is 2. The number of aromatic nitrogens is 2. The molecule has 0 spiro atoms. The van der Waals surface area contributed by atoms with Crippen LogP contribution in [0.2, 0.25) is 10.3 Å². The molecule has 2 aromatic carbocycles. The molecule has 0 radical (unpaired) electrons. The highest BCUT2D eigenvalue weighted by atomic mass is 35.5. The highest BCUT2D eigenvalue weighted by Gasteiger charge is 2.51. The number of ether oxygens (including phenoxy) is 2. The van der Waals surface area contributed by atoms with Gasteiger partial charge in [0.2, 0.25) is 0 Å². The maximum absolute atomic E-state index is 13.2. The second kappa shape index (κ2) is 11.5. The number of nitrogens with zero attached hydrogens (tertiary/aromatic N) is 2. The Labute approximate surface area is 255 Å². The summed E-state index contributed by atoms with van der Waals surface area (Å²) in [5.74, 6) is 2.28. The highest BCUT2D eigenvalue weighted by Crippen LogP contribution is 2.55. The molecule has 1 aromatic heterocycles. The minimum atomic E-state index is -0.669. The summed E-state index contributed by atoms with van der Waals surface area (Å²) in [5.41, 5.74) is 3.26. The molecular formula is C32H36Cl2N4O4. The standard InChI is InChI=1S/C32H36Cl2N4O4/c33-28-29(34)38(18-35-28)16-26-12-27(23-6-4-19(17-39)5-7-23)42-30(41-26)24-2-1-3-25(11-24)36-31(40)37-32-13-20-8-21(14-32)10-22(9-20)15-32/h1-7,11,18,20-22,26-27,30,39H,8-10,12-17H2,(H2,36,37,40)/t20?,21?,22?,26-,27+,30+,32?/m0/s1. The van der Waals surface area contributed by atoms with E-state index in [0.717, 1.165) is 53.7 Å². The van der Waals surface area contributed by atoms with E-state index in [0.29, 0.717) is 23.8 Å². The fourth-order valence-corrected chi connectivity index (χ4v) is 8.47. The van der Waals surface area contributed by atoms with Crippen LogP contribution in [-0.4, -0.2) is 32.3 Å². The zero-order chi connectivity index (χ0) is 28.8.